The van der Waals surface area contributed by atoms with E-state index in [1.165, 1.54) is 16.8 Å². The Morgan fingerprint density at radius 2 is 1.81 bits per heavy atom. The number of benzene rings is 1. The molecule has 1 aromatic carbocycles. The summed E-state index contributed by atoms with van der Waals surface area (Å²) in [5.41, 5.74) is 1.58. The van der Waals surface area contributed by atoms with Crippen LogP contribution in [-0.2, 0) is 12.7 Å². The molecule has 1 N–H and O–H groups in total. The second-order valence-electron chi connectivity index (χ2n) is 6.04. The first-order valence-electron chi connectivity index (χ1n) is 8.07. The van der Waals surface area contributed by atoms with E-state index < -0.39 is 11.7 Å². The third-order valence-electron chi connectivity index (χ3n) is 4.24. The van der Waals surface area contributed by atoms with Gasteiger partial charge in [0, 0.05) is 24.2 Å². The number of fused-ring (bicyclic) bond motifs is 1. The van der Waals surface area contributed by atoms with E-state index in [0.717, 1.165) is 17.7 Å². The molecule has 4 rings (SSSR count). The Morgan fingerprint density at radius 1 is 1.04 bits per heavy atom. The number of halogens is 3. The average molecular weight is 370 g/mol. The Labute approximate surface area is 151 Å². The Bertz CT molecular complexity index is 1160. The first kappa shape index (κ1) is 17.0. The van der Waals surface area contributed by atoms with Gasteiger partial charge in [0.1, 0.15) is 0 Å². The van der Waals surface area contributed by atoms with Crippen molar-refractivity contribution in [3.8, 4) is 11.1 Å². The van der Waals surface area contributed by atoms with Crippen LogP contribution in [0, 0.1) is 0 Å². The molecular weight excluding hydrogens is 357 g/mol. The number of pyridine rings is 2. The molecule has 0 spiro atoms. The second kappa shape index (κ2) is 6.39. The zero-order valence-corrected chi connectivity index (χ0v) is 13.9. The van der Waals surface area contributed by atoms with Gasteiger partial charge < -0.3 is 0 Å². The van der Waals surface area contributed by atoms with Gasteiger partial charge in [-0.3, -0.25) is 14.5 Å². The standard InChI is InChI=1S/C19H13F3N4O/c20-19(21,22)15-3-1-2-13(8-15)14-9-16-17(24-10-14)25-18(27)26(16)11-12-4-6-23-7-5-12/h1-10H,11H2,(H,24,25,27). The van der Waals surface area contributed by atoms with E-state index >= 15 is 0 Å². The van der Waals surface area contributed by atoms with Crippen molar-refractivity contribution in [1.29, 1.82) is 0 Å². The normalized spacial score (nSPS) is 11.8. The van der Waals surface area contributed by atoms with Crippen molar-refractivity contribution in [2.24, 2.45) is 0 Å². The van der Waals surface area contributed by atoms with Gasteiger partial charge in [-0.15, -0.1) is 0 Å². The minimum Gasteiger partial charge on any atom is -0.290 e. The monoisotopic (exact) mass is 370 g/mol. The Balaban J connectivity index is 1.81. The van der Waals surface area contributed by atoms with Crippen molar-refractivity contribution in [2.45, 2.75) is 12.7 Å². The van der Waals surface area contributed by atoms with Crippen LogP contribution in [0.5, 0.6) is 0 Å². The fourth-order valence-corrected chi connectivity index (χ4v) is 2.89. The number of aromatic amines is 1. The molecule has 8 heteroatoms. The number of imidazole rings is 1. The number of rotatable bonds is 3. The van der Waals surface area contributed by atoms with Crippen LogP contribution in [0.2, 0.25) is 0 Å². The van der Waals surface area contributed by atoms with Crippen LogP contribution in [0.25, 0.3) is 22.3 Å². The maximum Gasteiger partial charge on any atom is 0.416 e. The Hall–Kier alpha value is -3.42. The van der Waals surface area contributed by atoms with Gasteiger partial charge in [0.15, 0.2) is 5.65 Å². The minimum atomic E-state index is -4.43. The SMILES string of the molecule is O=c1[nH]c2ncc(-c3cccc(C(F)(F)F)c3)cc2n1Cc1ccncc1. The van der Waals surface area contributed by atoms with Crippen LogP contribution in [-0.4, -0.2) is 19.5 Å². The maximum atomic E-state index is 13.0. The summed E-state index contributed by atoms with van der Waals surface area (Å²) in [5.74, 6) is 0. The molecule has 0 saturated carbocycles. The average Bonchev–Trinajstić information content (AvgIpc) is 2.97. The van der Waals surface area contributed by atoms with Crippen molar-refractivity contribution in [3.05, 3.63) is 82.7 Å². The van der Waals surface area contributed by atoms with Crippen LogP contribution < -0.4 is 5.69 Å². The van der Waals surface area contributed by atoms with Gasteiger partial charge in [-0.2, -0.15) is 13.2 Å². The van der Waals surface area contributed by atoms with Gasteiger partial charge in [0.2, 0.25) is 0 Å². The number of nitrogens with zero attached hydrogens (tertiary/aromatic N) is 3. The first-order valence-corrected chi connectivity index (χ1v) is 8.07. The van der Waals surface area contributed by atoms with Crippen LogP contribution in [0.1, 0.15) is 11.1 Å². The Kier molecular flexibility index (Phi) is 4.02. The van der Waals surface area contributed by atoms with E-state index in [0.29, 0.717) is 28.8 Å². The van der Waals surface area contributed by atoms with Crippen LogP contribution in [0.15, 0.2) is 65.8 Å². The van der Waals surface area contributed by atoms with Crippen LogP contribution >= 0.6 is 0 Å². The lowest BCUT2D eigenvalue weighted by atomic mass is 10.0. The summed E-state index contributed by atoms with van der Waals surface area (Å²) in [4.78, 5) is 23.1. The van der Waals surface area contributed by atoms with Crippen molar-refractivity contribution >= 4 is 11.2 Å². The molecule has 0 unspecified atom stereocenters. The molecule has 0 bridgehead atoms. The van der Waals surface area contributed by atoms with Crippen molar-refractivity contribution < 1.29 is 13.2 Å². The zero-order valence-electron chi connectivity index (χ0n) is 13.9. The molecule has 3 heterocycles. The fraction of sp³-hybridized carbons (Fsp3) is 0.105. The number of alkyl halides is 3. The maximum absolute atomic E-state index is 13.0. The highest BCUT2D eigenvalue weighted by atomic mass is 19.4. The van der Waals surface area contributed by atoms with E-state index in [1.54, 1.807) is 36.7 Å². The molecule has 0 fully saturated rings. The van der Waals surface area contributed by atoms with E-state index in [1.807, 2.05) is 0 Å². The molecule has 4 aromatic rings. The highest BCUT2D eigenvalue weighted by Crippen LogP contribution is 2.32. The fourth-order valence-electron chi connectivity index (χ4n) is 2.89. The van der Waals surface area contributed by atoms with Crippen molar-refractivity contribution in [2.75, 3.05) is 0 Å². The molecule has 0 aliphatic rings. The van der Waals surface area contributed by atoms with Gasteiger partial charge in [0.25, 0.3) is 0 Å². The summed E-state index contributed by atoms with van der Waals surface area (Å²) in [6.07, 6.45) is 0.276. The lowest BCUT2D eigenvalue weighted by Crippen LogP contribution is -2.17. The third kappa shape index (κ3) is 3.33. The van der Waals surface area contributed by atoms with Gasteiger partial charge in [-0.25, -0.2) is 9.78 Å². The molecule has 0 atom stereocenters. The van der Waals surface area contributed by atoms with E-state index in [9.17, 15) is 18.0 Å². The molecule has 0 saturated heterocycles. The molecule has 0 aliphatic heterocycles. The van der Waals surface area contributed by atoms with E-state index in [-0.39, 0.29) is 5.69 Å². The molecule has 27 heavy (non-hydrogen) atoms. The number of nitrogens with one attached hydrogen (secondary N) is 1. The van der Waals surface area contributed by atoms with Gasteiger partial charge in [-0.1, -0.05) is 12.1 Å². The highest BCUT2D eigenvalue weighted by Gasteiger charge is 2.30. The quantitative estimate of drug-likeness (QED) is 0.596. The summed E-state index contributed by atoms with van der Waals surface area (Å²) >= 11 is 0. The van der Waals surface area contributed by atoms with Gasteiger partial charge >= 0.3 is 11.9 Å². The lowest BCUT2D eigenvalue weighted by molar-refractivity contribution is -0.137. The summed E-state index contributed by atoms with van der Waals surface area (Å²) in [7, 11) is 0. The minimum absolute atomic E-state index is 0.301. The molecule has 0 amide bonds. The largest absolute Gasteiger partial charge is 0.416 e. The number of hydrogen-bond donors (Lipinski definition) is 1. The summed E-state index contributed by atoms with van der Waals surface area (Å²) in [6, 6.07) is 10.3. The summed E-state index contributed by atoms with van der Waals surface area (Å²) in [6.45, 7) is 0.301. The lowest BCUT2D eigenvalue weighted by Gasteiger charge is -2.09. The highest BCUT2D eigenvalue weighted by molar-refractivity contribution is 5.78. The smallest absolute Gasteiger partial charge is 0.290 e. The zero-order chi connectivity index (χ0) is 19.0. The number of hydrogen-bond acceptors (Lipinski definition) is 3. The molecular formula is C19H13F3N4O. The second-order valence-corrected chi connectivity index (χ2v) is 6.04. The van der Waals surface area contributed by atoms with Gasteiger partial charge in [0.05, 0.1) is 17.6 Å². The van der Waals surface area contributed by atoms with Crippen LogP contribution in [0.3, 0.4) is 0 Å². The van der Waals surface area contributed by atoms with E-state index in [4.69, 9.17) is 0 Å². The number of H-pyrrole nitrogens is 1. The van der Waals surface area contributed by atoms with Gasteiger partial charge in [-0.05, 0) is 41.5 Å². The molecule has 0 radical (unpaired) electrons. The van der Waals surface area contributed by atoms with Crippen molar-refractivity contribution in [1.82, 2.24) is 19.5 Å². The first-order chi connectivity index (χ1) is 12.9. The van der Waals surface area contributed by atoms with Crippen molar-refractivity contribution in [3.63, 3.8) is 0 Å². The predicted octanol–water partition coefficient (Wildman–Crippen LogP) is 3.85. The van der Waals surface area contributed by atoms with Crippen LogP contribution in [0.4, 0.5) is 13.2 Å². The summed E-state index contributed by atoms with van der Waals surface area (Å²) < 4.78 is 40.4. The van der Waals surface area contributed by atoms with E-state index in [2.05, 4.69) is 15.0 Å². The number of aromatic nitrogens is 4. The molecule has 5 nitrogen and oxygen atoms in total. The topological polar surface area (TPSA) is 63.6 Å². The molecule has 136 valence electrons. The predicted molar refractivity (Wildman–Crippen MR) is 94.1 cm³/mol. The third-order valence-corrected chi connectivity index (χ3v) is 4.24. The molecule has 0 aliphatic carbocycles. The summed E-state index contributed by atoms with van der Waals surface area (Å²) in [5, 5.41) is 0. The Morgan fingerprint density at radius 3 is 2.56 bits per heavy atom. The molecule has 3 aromatic heterocycles.